The summed E-state index contributed by atoms with van der Waals surface area (Å²) in [6, 6.07) is 5.34. The molecule has 1 N–H and O–H groups in total. The zero-order valence-corrected chi connectivity index (χ0v) is 16.6. The zero-order valence-electron chi connectivity index (χ0n) is 15.8. The van der Waals surface area contributed by atoms with E-state index in [0.29, 0.717) is 16.3 Å². The highest BCUT2D eigenvalue weighted by molar-refractivity contribution is 7.16. The Morgan fingerprint density at radius 1 is 1.23 bits per heavy atom. The van der Waals surface area contributed by atoms with Crippen LogP contribution in [0.2, 0.25) is 0 Å². The van der Waals surface area contributed by atoms with Crippen LogP contribution in [0, 0.1) is 12.7 Å². The van der Waals surface area contributed by atoms with Crippen LogP contribution in [0.1, 0.15) is 40.9 Å². The van der Waals surface area contributed by atoms with Gasteiger partial charge >= 0.3 is 12.1 Å². The fourth-order valence-corrected chi connectivity index (χ4v) is 4.14. The molecule has 0 saturated carbocycles. The quantitative estimate of drug-likeness (QED) is 0.584. The van der Waals surface area contributed by atoms with E-state index in [4.69, 9.17) is 0 Å². The van der Waals surface area contributed by atoms with Gasteiger partial charge in [-0.05, 0) is 49.2 Å². The third-order valence-electron chi connectivity index (χ3n) is 4.52. The molecule has 1 heterocycles. The number of amides is 1. The molecule has 3 rings (SSSR count). The van der Waals surface area contributed by atoms with Crippen LogP contribution >= 0.6 is 11.3 Å². The van der Waals surface area contributed by atoms with Crippen LogP contribution in [0.5, 0.6) is 0 Å². The smallest absolute Gasteiger partial charge is 0.416 e. The highest BCUT2D eigenvalue weighted by Crippen LogP contribution is 2.30. The Labute approximate surface area is 171 Å². The lowest BCUT2D eigenvalue weighted by atomic mass is 10.1. The molecule has 0 spiro atoms. The van der Waals surface area contributed by atoms with Gasteiger partial charge in [0.05, 0.1) is 15.8 Å². The number of halogens is 4. The highest BCUT2D eigenvalue weighted by Gasteiger charge is 2.31. The maximum absolute atomic E-state index is 14.1. The number of carboxylic acids is 1. The summed E-state index contributed by atoms with van der Waals surface area (Å²) in [5.41, 5.74) is -0.718. The molecule has 1 atom stereocenters. The molecule has 30 heavy (non-hydrogen) atoms. The Morgan fingerprint density at radius 3 is 2.53 bits per heavy atom. The van der Waals surface area contributed by atoms with Crippen molar-refractivity contribution in [3.05, 3.63) is 63.7 Å². The molecule has 1 aromatic heterocycles. The molecular formula is C20H16F4N2O3S. The number of thiazole rings is 1. The third kappa shape index (κ3) is 4.13. The number of aromatic nitrogens is 1. The standard InChI is InChI=1S/C20H16F4N2O3S/c1-3-14(18(28)29)26-15-9-13(21)10(2)7-16(15)30-19(26)25-17(27)11-5-4-6-12(8-11)20(22,23)24/h4-9,14H,3H2,1-2H3,(H,28,29). The van der Waals surface area contributed by atoms with Gasteiger partial charge in [0.15, 0.2) is 4.80 Å². The summed E-state index contributed by atoms with van der Waals surface area (Å²) in [6.45, 7) is 3.15. The molecule has 3 aromatic rings. The summed E-state index contributed by atoms with van der Waals surface area (Å²) in [6.07, 6.45) is -4.50. The van der Waals surface area contributed by atoms with E-state index in [2.05, 4.69) is 4.99 Å². The topological polar surface area (TPSA) is 71.7 Å². The predicted octanol–water partition coefficient (Wildman–Crippen LogP) is 4.95. The van der Waals surface area contributed by atoms with Crippen molar-refractivity contribution < 1.29 is 32.3 Å². The maximum atomic E-state index is 14.1. The monoisotopic (exact) mass is 440 g/mol. The van der Waals surface area contributed by atoms with Crippen molar-refractivity contribution in [2.75, 3.05) is 0 Å². The Kier molecular flexibility index (Phi) is 5.80. The van der Waals surface area contributed by atoms with Gasteiger partial charge in [-0.1, -0.05) is 24.3 Å². The molecule has 0 aliphatic rings. The first-order valence-corrected chi connectivity index (χ1v) is 9.65. The van der Waals surface area contributed by atoms with E-state index in [1.54, 1.807) is 6.92 Å². The van der Waals surface area contributed by atoms with Crippen molar-refractivity contribution in [2.24, 2.45) is 4.99 Å². The zero-order chi connectivity index (χ0) is 22.2. The number of rotatable bonds is 4. The van der Waals surface area contributed by atoms with Crippen LogP contribution in [0.25, 0.3) is 10.2 Å². The largest absolute Gasteiger partial charge is 0.480 e. The lowest BCUT2D eigenvalue weighted by Gasteiger charge is -2.13. The van der Waals surface area contributed by atoms with Gasteiger partial charge in [-0.25, -0.2) is 9.18 Å². The summed E-state index contributed by atoms with van der Waals surface area (Å²) in [4.78, 5) is 28.2. The Balaban J connectivity index is 2.23. The predicted molar refractivity (Wildman–Crippen MR) is 103 cm³/mol. The van der Waals surface area contributed by atoms with E-state index in [1.165, 1.54) is 29.7 Å². The van der Waals surface area contributed by atoms with Gasteiger partial charge in [-0.2, -0.15) is 18.2 Å². The first-order chi connectivity index (χ1) is 14.0. The Hall–Kier alpha value is -3.01. The third-order valence-corrected chi connectivity index (χ3v) is 5.54. The minimum absolute atomic E-state index is 0.0355. The normalized spacial score (nSPS) is 13.6. The first kappa shape index (κ1) is 21.7. The second-order valence-corrected chi connectivity index (χ2v) is 7.59. The second-order valence-electron chi connectivity index (χ2n) is 6.58. The average molecular weight is 440 g/mol. The summed E-state index contributed by atoms with van der Waals surface area (Å²) < 4.78 is 54.7. The summed E-state index contributed by atoms with van der Waals surface area (Å²) in [7, 11) is 0. The second kappa shape index (κ2) is 8.02. The molecule has 0 bridgehead atoms. The van der Waals surface area contributed by atoms with E-state index in [9.17, 15) is 32.3 Å². The van der Waals surface area contributed by atoms with Crippen molar-refractivity contribution in [1.29, 1.82) is 0 Å². The molecule has 1 unspecified atom stereocenters. The molecule has 10 heteroatoms. The number of aryl methyl sites for hydroxylation is 1. The number of alkyl halides is 3. The van der Waals surface area contributed by atoms with Crippen LogP contribution in [-0.4, -0.2) is 21.6 Å². The molecule has 0 radical (unpaired) electrons. The van der Waals surface area contributed by atoms with Gasteiger partial charge in [-0.15, -0.1) is 0 Å². The molecule has 2 aromatic carbocycles. The van der Waals surface area contributed by atoms with Crippen LogP contribution in [0.4, 0.5) is 17.6 Å². The van der Waals surface area contributed by atoms with Gasteiger partial charge in [0, 0.05) is 5.56 Å². The summed E-state index contributed by atoms with van der Waals surface area (Å²) >= 11 is 0.964. The van der Waals surface area contributed by atoms with Crippen molar-refractivity contribution >= 4 is 33.4 Å². The molecule has 158 valence electrons. The number of nitrogens with zero attached hydrogens (tertiary/aromatic N) is 2. The van der Waals surface area contributed by atoms with Crippen LogP contribution in [-0.2, 0) is 11.0 Å². The number of hydrogen-bond donors (Lipinski definition) is 1. The molecule has 0 aliphatic heterocycles. The maximum Gasteiger partial charge on any atom is 0.416 e. The van der Waals surface area contributed by atoms with E-state index in [0.717, 1.165) is 23.5 Å². The number of carbonyl (C=O) groups is 2. The fourth-order valence-electron chi connectivity index (χ4n) is 2.99. The lowest BCUT2D eigenvalue weighted by Crippen LogP contribution is -2.27. The van der Waals surface area contributed by atoms with Gasteiger partial charge < -0.3 is 9.67 Å². The SMILES string of the molecule is CCC(C(=O)O)n1c(=NC(=O)c2cccc(C(F)(F)F)c2)sc2cc(C)c(F)cc21. The molecule has 0 fully saturated rings. The van der Waals surface area contributed by atoms with Crippen molar-refractivity contribution in [2.45, 2.75) is 32.5 Å². The van der Waals surface area contributed by atoms with E-state index >= 15 is 0 Å². The lowest BCUT2D eigenvalue weighted by molar-refractivity contribution is -0.141. The minimum atomic E-state index is -4.63. The number of carbonyl (C=O) groups excluding carboxylic acids is 1. The number of benzene rings is 2. The van der Waals surface area contributed by atoms with E-state index in [-0.39, 0.29) is 22.3 Å². The molecule has 0 saturated heterocycles. The first-order valence-electron chi connectivity index (χ1n) is 8.83. The Morgan fingerprint density at radius 2 is 1.93 bits per heavy atom. The molecule has 1 amide bonds. The Bertz CT molecular complexity index is 1210. The van der Waals surface area contributed by atoms with Gasteiger partial charge in [0.1, 0.15) is 11.9 Å². The van der Waals surface area contributed by atoms with Crippen LogP contribution < -0.4 is 4.80 Å². The number of fused-ring (bicyclic) bond motifs is 1. The molecule has 5 nitrogen and oxygen atoms in total. The van der Waals surface area contributed by atoms with Crippen molar-refractivity contribution in [3.8, 4) is 0 Å². The van der Waals surface area contributed by atoms with Crippen LogP contribution in [0.3, 0.4) is 0 Å². The molecule has 0 aliphatic carbocycles. The van der Waals surface area contributed by atoms with E-state index in [1.807, 2.05) is 0 Å². The highest BCUT2D eigenvalue weighted by atomic mass is 32.1. The van der Waals surface area contributed by atoms with E-state index < -0.39 is 35.5 Å². The van der Waals surface area contributed by atoms with Crippen molar-refractivity contribution in [3.63, 3.8) is 0 Å². The number of aliphatic carboxylic acids is 1. The van der Waals surface area contributed by atoms with Crippen LogP contribution in [0.15, 0.2) is 41.4 Å². The van der Waals surface area contributed by atoms with Gasteiger partial charge in [0.25, 0.3) is 5.91 Å². The fraction of sp³-hybridized carbons (Fsp3) is 0.250. The summed E-state index contributed by atoms with van der Waals surface area (Å²) in [5.74, 6) is -2.71. The van der Waals surface area contributed by atoms with Gasteiger partial charge in [-0.3, -0.25) is 4.79 Å². The number of carboxylic acid groups (broad SMARTS) is 1. The average Bonchev–Trinajstić information content (AvgIpc) is 2.99. The van der Waals surface area contributed by atoms with Crippen molar-refractivity contribution in [1.82, 2.24) is 4.57 Å². The molecular weight excluding hydrogens is 424 g/mol. The number of hydrogen-bond acceptors (Lipinski definition) is 3. The minimum Gasteiger partial charge on any atom is -0.480 e. The summed E-state index contributed by atoms with van der Waals surface area (Å²) in [5, 5.41) is 9.57. The van der Waals surface area contributed by atoms with Gasteiger partial charge in [0.2, 0.25) is 0 Å².